The fraction of sp³-hybridized carbons (Fsp3) is 1.00. The van der Waals surface area contributed by atoms with E-state index in [1.165, 1.54) is 19.5 Å². The van der Waals surface area contributed by atoms with Crippen molar-refractivity contribution < 1.29 is 0 Å². The van der Waals surface area contributed by atoms with Gasteiger partial charge in [0.05, 0.1) is 0 Å². The Morgan fingerprint density at radius 1 is 1.22 bits per heavy atom. The van der Waals surface area contributed by atoms with Gasteiger partial charge in [0, 0.05) is 37.8 Å². The normalized spacial score (nSPS) is 27.2. The van der Waals surface area contributed by atoms with E-state index in [9.17, 15) is 0 Å². The Hall–Kier alpha value is -0.120. The Bertz CT molecular complexity index is 247. The lowest BCUT2D eigenvalue weighted by Gasteiger charge is -2.49. The van der Waals surface area contributed by atoms with Crippen molar-refractivity contribution in [3.63, 3.8) is 0 Å². The highest BCUT2D eigenvalue weighted by Gasteiger charge is 2.37. The van der Waals surface area contributed by atoms with Gasteiger partial charge in [-0.2, -0.15) is 0 Å². The SMILES string of the molecule is CCC(N)C(N1CCN(C)C(CC)C1)C(C)(C)C. The molecule has 3 atom stereocenters. The molecule has 18 heavy (non-hydrogen) atoms. The number of nitrogens with zero attached hydrogens (tertiary/aromatic N) is 2. The monoisotopic (exact) mass is 255 g/mol. The van der Waals surface area contributed by atoms with Crippen LogP contribution in [0.3, 0.4) is 0 Å². The smallest absolute Gasteiger partial charge is 0.0296 e. The number of hydrogen-bond donors (Lipinski definition) is 1. The number of nitrogens with two attached hydrogens (primary N) is 1. The Labute approximate surface area is 114 Å². The first-order chi connectivity index (χ1) is 8.31. The van der Waals surface area contributed by atoms with Crippen molar-refractivity contribution in [3.05, 3.63) is 0 Å². The molecule has 0 radical (unpaired) electrons. The molecule has 1 aliphatic heterocycles. The fourth-order valence-corrected chi connectivity index (χ4v) is 3.35. The van der Waals surface area contributed by atoms with Gasteiger partial charge in [0.25, 0.3) is 0 Å². The lowest BCUT2D eigenvalue weighted by molar-refractivity contribution is 0.00992. The van der Waals surface area contributed by atoms with E-state index >= 15 is 0 Å². The molecule has 0 aliphatic carbocycles. The van der Waals surface area contributed by atoms with Crippen molar-refractivity contribution in [3.8, 4) is 0 Å². The van der Waals surface area contributed by atoms with Crippen LogP contribution < -0.4 is 5.73 Å². The van der Waals surface area contributed by atoms with Crippen LogP contribution in [-0.4, -0.2) is 54.6 Å². The molecule has 0 amide bonds. The van der Waals surface area contributed by atoms with Gasteiger partial charge in [-0.15, -0.1) is 0 Å². The van der Waals surface area contributed by atoms with E-state index in [4.69, 9.17) is 5.73 Å². The zero-order chi connectivity index (χ0) is 13.9. The van der Waals surface area contributed by atoms with Crippen LogP contribution in [0.2, 0.25) is 0 Å². The first kappa shape index (κ1) is 15.9. The zero-order valence-corrected chi connectivity index (χ0v) is 13.2. The van der Waals surface area contributed by atoms with Gasteiger partial charge in [-0.1, -0.05) is 34.6 Å². The average molecular weight is 255 g/mol. The lowest BCUT2D eigenvalue weighted by Crippen LogP contribution is -2.61. The molecule has 1 aliphatic rings. The molecule has 3 unspecified atom stereocenters. The third-order valence-electron chi connectivity index (χ3n) is 4.44. The summed E-state index contributed by atoms with van der Waals surface area (Å²) >= 11 is 0. The van der Waals surface area contributed by atoms with Gasteiger partial charge in [-0.3, -0.25) is 4.90 Å². The summed E-state index contributed by atoms with van der Waals surface area (Å²) in [6, 6.07) is 1.46. The summed E-state index contributed by atoms with van der Waals surface area (Å²) in [7, 11) is 2.25. The van der Waals surface area contributed by atoms with E-state index in [0.717, 1.165) is 13.0 Å². The number of rotatable bonds is 4. The van der Waals surface area contributed by atoms with Crippen molar-refractivity contribution in [2.45, 2.75) is 65.6 Å². The van der Waals surface area contributed by atoms with Gasteiger partial charge in [-0.25, -0.2) is 0 Å². The molecule has 0 aromatic rings. The van der Waals surface area contributed by atoms with Crippen molar-refractivity contribution in [2.24, 2.45) is 11.1 Å². The third kappa shape index (κ3) is 3.69. The second kappa shape index (κ2) is 6.36. The summed E-state index contributed by atoms with van der Waals surface area (Å²) in [5.41, 5.74) is 6.65. The second-order valence-electron chi connectivity index (χ2n) is 6.92. The molecule has 1 heterocycles. The van der Waals surface area contributed by atoms with Crippen molar-refractivity contribution in [1.82, 2.24) is 9.80 Å². The maximum absolute atomic E-state index is 6.40. The van der Waals surface area contributed by atoms with Crippen LogP contribution in [0.25, 0.3) is 0 Å². The molecule has 0 saturated carbocycles. The quantitative estimate of drug-likeness (QED) is 0.835. The van der Waals surface area contributed by atoms with E-state index < -0.39 is 0 Å². The standard InChI is InChI=1S/C15H33N3/c1-7-12-11-18(10-9-17(12)6)14(13(16)8-2)15(3,4)5/h12-14H,7-11,16H2,1-6H3. The number of likely N-dealkylation sites (N-methyl/N-ethyl adjacent to an activating group) is 1. The van der Waals surface area contributed by atoms with Crippen LogP contribution >= 0.6 is 0 Å². The summed E-state index contributed by atoms with van der Waals surface area (Å²) in [5, 5.41) is 0. The number of piperazine rings is 1. The van der Waals surface area contributed by atoms with E-state index in [-0.39, 0.29) is 11.5 Å². The molecule has 1 saturated heterocycles. The highest BCUT2D eigenvalue weighted by molar-refractivity contribution is 4.94. The molecular formula is C15H33N3. The Morgan fingerprint density at radius 3 is 2.28 bits per heavy atom. The molecule has 1 rings (SSSR count). The summed E-state index contributed by atoms with van der Waals surface area (Å²) in [5.74, 6) is 0. The average Bonchev–Trinajstić information content (AvgIpc) is 2.29. The summed E-state index contributed by atoms with van der Waals surface area (Å²) in [4.78, 5) is 5.13. The predicted octanol–water partition coefficient (Wildman–Crippen LogP) is 2.16. The third-order valence-corrected chi connectivity index (χ3v) is 4.44. The molecule has 2 N–H and O–H groups in total. The molecule has 0 spiro atoms. The maximum Gasteiger partial charge on any atom is 0.0296 e. The van der Waals surface area contributed by atoms with Gasteiger partial charge in [0.15, 0.2) is 0 Å². The molecule has 1 fully saturated rings. The van der Waals surface area contributed by atoms with Gasteiger partial charge in [0.1, 0.15) is 0 Å². The van der Waals surface area contributed by atoms with Crippen LogP contribution in [0.1, 0.15) is 47.5 Å². The first-order valence-corrected chi connectivity index (χ1v) is 7.51. The summed E-state index contributed by atoms with van der Waals surface area (Å²) < 4.78 is 0. The highest BCUT2D eigenvalue weighted by atomic mass is 15.3. The van der Waals surface area contributed by atoms with Crippen LogP contribution in [0.5, 0.6) is 0 Å². The predicted molar refractivity (Wildman–Crippen MR) is 79.8 cm³/mol. The minimum atomic E-state index is 0.254. The van der Waals surface area contributed by atoms with Crippen LogP contribution in [0, 0.1) is 5.41 Å². The minimum absolute atomic E-state index is 0.254. The minimum Gasteiger partial charge on any atom is -0.326 e. The van der Waals surface area contributed by atoms with Gasteiger partial charge in [0.2, 0.25) is 0 Å². The summed E-state index contributed by atoms with van der Waals surface area (Å²) in [6.07, 6.45) is 2.29. The molecule has 0 bridgehead atoms. The molecule has 3 heteroatoms. The van der Waals surface area contributed by atoms with E-state index in [1.807, 2.05) is 0 Å². The van der Waals surface area contributed by atoms with Gasteiger partial charge < -0.3 is 10.6 Å². The Morgan fingerprint density at radius 2 is 1.83 bits per heavy atom. The summed E-state index contributed by atoms with van der Waals surface area (Å²) in [6.45, 7) is 15.0. The van der Waals surface area contributed by atoms with Crippen LogP contribution in [0.15, 0.2) is 0 Å². The van der Waals surface area contributed by atoms with Crippen molar-refractivity contribution in [1.29, 1.82) is 0 Å². The molecule has 108 valence electrons. The topological polar surface area (TPSA) is 32.5 Å². The molecule has 0 aromatic carbocycles. The molecule has 0 aromatic heterocycles. The van der Waals surface area contributed by atoms with Crippen LogP contribution in [0.4, 0.5) is 0 Å². The second-order valence-corrected chi connectivity index (χ2v) is 6.92. The van der Waals surface area contributed by atoms with Gasteiger partial charge >= 0.3 is 0 Å². The van der Waals surface area contributed by atoms with Crippen molar-refractivity contribution >= 4 is 0 Å². The zero-order valence-electron chi connectivity index (χ0n) is 13.2. The maximum atomic E-state index is 6.40. The van der Waals surface area contributed by atoms with Gasteiger partial charge in [-0.05, 0) is 25.3 Å². The molecular weight excluding hydrogens is 222 g/mol. The van der Waals surface area contributed by atoms with E-state index in [0.29, 0.717) is 12.1 Å². The van der Waals surface area contributed by atoms with E-state index in [2.05, 4.69) is 51.5 Å². The first-order valence-electron chi connectivity index (χ1n) is 7.51. The number of hydrogen-bond acceptors (Lipinski definition) is 3. The molecule has 3 nitrogen and oxygen atoms in total. The highest BCUT2D eigenvalue weighted by Crippen LogP contribution is 2.29. The van der Waals surface area contributed by atoms with Crippen molar-refractivity contribution in [2.75, 3.05) is 26.7 Å². The largest absolute Gasteiger partial charge is 0.326 e. The fourth-order valence-electron chi connectivity index (χ4n) is 3.35. The van der Waals surface area contributed by atoms with E-state index in [1.54, 1.807) is 0 Å². The van der Waals surface area contributed by atoms with Crippen LogP contribution in [-0.2, 0) is 0 Å². The Balaban J connectivity index is 2.80. The Kier molecular flexibility index (Phi) is 5.63. The lowest BCUT2D eigenvalue weighted by atomic mass is 9.80.